The molecular weight excluding hydrogens is 432 g/mol. The Labute approximate surface area is 187 Å². The van der Waals surface area contributed by atoms with Crippen LogP contribution in [-0.2, 0) is 21.2 Å². The average Bonchev–Trinajstić information content (AvgIpc) is 3.27. The van der Waals surface area contributed by atoms with E-state index < -0.39 is 16.1 Å². The summed E-state index contributed by atoms with van der Waals surface area (Å²) in [6.07, 6.45) is 3.73. The first-order chi connectivity index (χ1) is 14.8. The van der Waals surface area contributed by atoms with Gasteiger partial charge in [0.2, 0.25) is 15.9 Å². The van der Waals surface area contributed by atoms with Gasteiger partial charge in [-0.15, -0.1) is 11.3 Å². The van der Waals surface area contributed by atoms with E-state index in [4.69, 9.17) is 0 Å². The molecule has 0 aliphatic carbocycles. The molecule has 0 spiro atoms. The van der Waals surface area contributed by atoms with Crippen molar-refractivity contribution in [3.63, 3.8) is 0 Å². The first-order valence-electron chi connectivity index (χ1n) is 10.8. The maximum absolute atomic E-state index is 13.7. The highest BCUT2D eigenvalue weighted by Gasteiger charge is 2.42. The normalized spacial score (nSPS) is 22.2. The van der Waals surface area contributed by atoms with Crippen molar-refractivity contribution in [1.29, 1.82) is 0 Å². The number of Topliss-reactive ketones (excluding diaryl/α,β-unsaturated/α-hetero) is 1. The van der Waals surface area contributed by atoms with Crippen molar-refractivity contribution in [2.24, 2.45) is 0 Å². The molecule has 2 atom stereocenters. The number of hydrogen-bond donors (Lipinski definition) is 0. The molecule has 8 heteroatoms. The van der Waals surface area contributed by atoms with E-state index in [1.165, 1.54) is 45.9 Å². The Hall–Kier alpha value is -2.03. The fourth-order valence-electron chi connectivity index (χ4n) is 4.73. The van der Waals surface area contributed by atoms with Crippen molar-refractivity contribution in [2.45, 2.75) is 62.9 Å². The third kappa shape index (κ3) is 4.08. The lowest BCUT2D eigenvalue weighted by Crippen LogP contribution is -2.54. The molecule has 0 saturated carbocycles. The van der Waals surface area contributed by atoms with Crippen molar-refractivity contribution in [2.75, 3.05) is 13.1 Å². The number of carbonyl (C=O) groups excluding carboxylic acids is 2. The van der Waals surface area contributed by atoms with Gasteiger partial charge >= 0.3 is 0 Å². The SMILES string of the molecule is CCC1c2ccsc2CCN1C(=O)C1CCCCN1S(=O)(=O)c1ccc(C(C)=O)cc1. The zero-order chi connectivity index (χ0) is 22.2. The van der Waals surface area contributed by atoms with Gasteiger partial charge in [0.1, 0.15) is 6.04 Å². The highest BCUT2D eigenvalue weighted by Crippen LogP contribution is 2.37. The molecule has 1 aromatic carbocycles. The number of fused-ring (bicyclic) bond motifs is 1. The summed E-state index contributed by atoms with van der Waals surface area (Å²) in [6.45, 7) is 4.48. The summed E-state index contributed by atoms with van der Waals surface area (Å²) >= 11 is 1.73. The fourth-order valence-corrected chi connectivity index (χ4v) is 7.31. The van der Waals surface area contributed by atoms with E-state index in [0.29, 0.717) is 25.1 Å². The molecule has 0 N–H and O–H groups in total. The first-order valence-corrected chi connectivity index (χ1v) is 13.2. The van der Waals surface area contributed by atoms with Crippen LogP contribution in [0.2, 0.25) is 0 Å². The van der Waals surface area contributed by atoms with Crippen LogP contribution >= 0.6 is 11.3 Å². The second-order valence-corrected chi connectivity index (χ2v) is 11.1. The molecule has 1 aromatic heterocycles. The molecule has 4 rings (SSSR count). The predicted molar refractivity (Wildman–Crippen MR) is 121 cm³/mol. The second-order valence-electron chi connectivity index (χ2n) is 8.21. The number of benzene rings is 1. The molecule has 6 nitrogen and oxygen atoms in total. The molecule has 1 amide bonds. The molecule has 1 fully saturated rings. The van der Waals surface area contributed by atoms with Gasteiger partial charge in [-0.05, 0) is 61.7 Å². The van der Waals surface area contributed by atoms with E-state index in [0.717, 1.165) is 25.7 Å². The van der Waals surface area contributed by atoms with Crippen molar-refractivity contribution in [3.8, 4) is 0 Å². The maximum Gasteiger partial charge on any atom is 0.243 e. The third-order valence-corrected chi connectivity index (χ3v) is 9.29. The van der Waals surface area contributed by atoms with Gasteiger partial charge in [0, 0.05) is 23.5 Å². The number of carbonyl (C=O) groups is 2. The molecule has 2 aliphatic heterocycles. The van der Waals surface area contributed by atoms with Crippen molar-refractivity contribution < 1.29 is 18.0 Å². The number of nitrogens with zero attached hydrogens (tertiary/aromatic N) is 2. The summed E-state index contributed by atoms with van der Waals surface area (Å²) in [7, 11) is -3.83. The van der Waals surface area contributed by atoms with E-state index in [1.54, 1.807) is 11.3 Å². The summed E-state index contributed by atoms with van der Waals surface area (Å²) in [4.78, 5) is 28.6. The van der Waals surface area contributed by atoms with Crippen LogP contribution in [0.1, 0.15) is 66.4 Å². The Bertz CT molecular complexity index is 1080. The van der Waals surface area contributed by atoms with Gasteiger partial charge in [0.25, 0.3) is 0 Å². The second kappa shape index (κ2) is 8.84. The van der Waals surface area contributed by atoms with E-state index in [-0.39, 0.29) is 22.6 Å². The van der Waals surface area contributed by atoms with Crippen LogP contribution in [0.4, 0.5) is 0 Å². The number of piperidine rings is 1. The van der Waals surface area contributed by atoms with Crippen LogP contribution < -0.4 is 0 Å². The minimum absolute atomic E-state index is 0.00355. The molecule has 0 radical (unpaired) electrons. The van der Waals surface area contributed by atoms with Crippen LogP contribution in [0.25, 0.3) is 0 Å². The fraction of sp³-hybridized carbons (Fsp3) is 0.478. The van der Waals surface area contributed by atoms with Crippen molar-refractivity contribution in [3.05, 3.63) is 51.7 Å². The van der Waals surface area contributed by atoms with E-state index in [9.17, 15) is 18.0 Å². The van der Waals surface area contributed by atoms with Crippen LogP contribution in [0.15, 0.2) is 40.6 Å². The molecule has 1 saturated heterocycles. The number of hydrogen-bond acceptors (Lipinski definition) is 5. The summed E-state index contributed by atoms with van der Waals surface area (Å²) in [6, 6.07) is 7.42. The molecule has 3 heterocycles. The maximum atomic E-state index is 13.7. The lowest BCUT2D eigenvalue weighted by atomic mass is 9.95. The average molecular weight is 461 g/mol. The Morgan fingerprint density at radius 1 is 1.10 bits per heavy atom. The number of amides is 1. The van der Waals surface area contributed by atoms with Crippen molar-refractivity contribution >= 4 is 33.1 Å². The highest BCUT2D eigenvalue weighted by atomic mass is 32.2. The minimum atomic E-state index is -3.83. The Morgan fingerprint density at radius 3 is 2.52 bits per heavy atom. The van der Waals surface area contributed by atoms with Crippen LogP contribution in [0, 0.1) is 0 Å². The molecule has 2 unspecified atom stereocenters. The lowest BCUT2D eigenvalue weighted by molar-refractivity contribution is -0.139. The quantitative estimate of drug-likeness (QED) is 0.632. The monoisotopic (exact) mass is 460 g/mol. The van der Waals surface area contributed by atoms with Gasteiger partial charge in [-0.25, -0.2) is 8.42 Å². The Kier molecular flexibility index (Phi) is 6.32. The summed E-state index contributed by atoms with van der Waals surface area (Å²) in [5, 5.41) is 2.07. The number of ketones is 1. The van der Waals surface area contributed by atoms with Gasteiger partial charge in [0.05, 0.1) is 10.9 Å². The van der Waals surface area contributed by atoms with E-state index in [1.807, 2.05) is 4.90 Å². The first kappa shape index (κ1) is 22.2. The van der Waals surface area contributed by atoms with E-state index in [2.05, 4.69) is 18.4 Å². The van der Waals surface area contributed by atoms with Gasteiger partial charge in [-0.3, -0.25) is 9.59 Å². The largest absolute Gasteiger partial charge is 0.334 e. The predicted octanol–water partition coefficient (Wildman–Crippen LogP) is 4.03. The highest BCUT2D eigenvalue weighted by molar-refractivity contribution is 7.89. The van der Waals surface area contributed by atoms with Gasteiger partial charge in [-0.1, -0.05) is 25.5 Å². The minimum Gasteiger partial charge on any atom is -0.334 e. The smallest absolute Gasteiger partial charge is 0.243 e. The zero-order valence-corrected chi connectivity index (χ0v) is 19.5. The number of sulfonamides is 1. The van der Waals surface area contributed by atoms with Crippen LogP contribution in [0.5, 0.6) is 0 Å². The Balaban J connectivity index is 1.62. The number of thiophene rings is 1. The summed E-state index contributed by atoms with van der Waals surface area (Å²) < 4.78 is 28.3. The third-order valence-electron chi connectivity index (χ3n) is 6.37. The van der Waals surface area contributed by atoms with Crippen molar-refractivity contribution in [1.82, 2.24) is 9.21 Å². The lowest BCUT2D eigenvalue weighted by Gasteiger charge is -2.41. The number of rotatable bonds is 5. The van der Waals surface area contributed by atoms with Crippen LogP contribution in [-0.4, -0.2) is 48.4 Å². The Morgan fingerprint density at radius 2 is 1.84 bits per heavy atom. The molecule has 0 bridgehead atoms. The molecule has 2 aliphatic rings. The molecule has 166 valence electrons. The summed E-state index contributed by atoms with van der Waals surface area (Å²) in [5.74, 6) is -0.203. The standard InChI is InChI=1S/C23H28N2O4S2/c1-3-20-19-12-15-30-22(19)11-14-24(20)23(27)21-6-4-5-13-25(21)31(28,29)18-9-7-17(8-10-18)16(2)26/h7-10,12,15,20-21H,3-6,11,13-14H2,1-2H3. The van der Waals surface area contributed by atoms with Gasteiger partial charge in [-0.2, -0.15) is 4.31 Å². The van der Waals surface area contributed by atoms with Gasteiger partial charge < -0.3 is 4.90 Å². The summed E-state index contributed by atoms with van der Waals surface area (Å²) in [5.41, 5.74) is 1.67. The van der Waals surface area contributed by atoms with Gasteiger partial charge in [0.15, 0.2) is 5.78 Å². The molecule has 2 aromatic rings. The molecular formula is C23H28N2O4S2. The van der Waals surface area contributed by atoms with Crippen LogP contribution in [0.3, 0.4) is 0 Å². The van der Waals surface area contributed by atoms with E-state index >= 15 is 0 Å². The molecule has 31 heavy (non-hydrogen) atoms. The topological polar surface area (TPSA) is 74.8 Å². The zero-order valence-electron chi connectivity index (χ0n) is 17.9.